The molecule has 0 spiro atoms. The fraction of sp³-hybridized carbons (Fsp3) is 0.462. The van der Waals surface area contributed by atoms with Gasteiger partial charge in [-0.1, -0.05) is 6.07 Å². The summed E-state index contributed by atoms with van der Waals surface area (Å²) in [5.41, 5.74) is 0.535. The Morgan fingerprint density at radius 1 is 1.25 bits per heavy atom. The van der Waals surface area contributed by atoms with Gasteiger partial charge < -0.3 is 9.64 Å². The Hall–Kier alpha value is -1.51. The zero-order chi connectivity index (χ0) is 12.3. The number of carbonyl (C=O) groups excluding carboxylic acids is 1. The Balaban J connectivity index is 2.83. The van der Waals surface area contributed by atoms with Crippen LogP contribution in [0, 0.1) is 5.41 Å². The second-order valence-corrected chi connectivity index (χ2v) is 5.03. The second kappa shape index (κ2) is 4.56. The van der Waals surface area contributed by atoms with Gasteiger partial charge in [-0.25, -0.2) is 0 Å². The average Bonchev–Trinajstić information content (AvgIpc) is 2.16. The number of carbonyl (C=O) groups is 1. The highest BCUT2D eigenvalue weighted by Gasteiger charge is 2.23. The molecule has 1 rings (SSSR count). The largest absolute Gasteiger partial charge is 0.426 e. The molecule has 0 atom stereocenters. The number of anilines is 1. The van der Waals surface area contributed by atoms with Gasteiger partial charge in [0.25, 0.3) is 0 Å². The number of benzene rings is 1. The molecule has 0 heterocycles. The summed E-state index contributed by atoms with van der Waals surface area (Å²) in [6.45, 7) is 5.52. The van der Waals surface area contributed by atoms with E-state index in [-0.39, 0.29) is 5.97 Å². The van der Waals surface area contributed by atoms with E-state index in [0.717, 1.165) is 5.69 Å². The maximum absolute atomic E-state index is 11.7. The molecular weight excluding hydrogens is 202 g/mol. The lowest BCUT2D eigenvalue weighted by Crippen LogP contribution is -2.25. The molecule has 1 aromatic rings. The van der Waals surface area contributed by atoms with Crippen LogP contribution >= 0.6 is 0 Å². The fourth-order valence-corrected chi connectivity index (χ4v) is 1.09. The second-order valence-electron chi connectivity index (χ2n) is 5.03. The van der Waals surface area contributed by atoms with Gasteiger partial charge in [-0.2, -0.15) is 0 Å². The van der Waals surface area contributed by atoms with Crippen molar-refractivity contribution < 1.29 is 9.53 Å². The Labute approximate surface area is 97.0 Å². The summed E-state index contributed by atoms with van der Waals surface area (Å²) in [6.07, 6.45) is 0. The summed E-state index contributed by atoms with van der Waals surface area (Å²) in [5.74, 6) is 0.370. The maximum atomic E-state index is 11.7. The van der Waals surface area contributed by atoms with Crippen LogP contribution in [-0.2, 0) is 4.79 Å². The lowest BCUT2D eigenvalue weighted by atomic mass is 9.97. The standard InChI is InChI=1S/C13H19NO2/c1-13(2,3)12(15)16-11-8-6-7-10(9-11)14(4)5/h6-9H,1-5H3. The minimum absolute atomic E-state index is 0.219. The van der Waals surface area contributed by atoms with Gasteiger partial charge in [-0.3, -0.25) is 4.79 Å². The zero-order valence-electron chi connectivity index (χ0n) is 10.6. The van der Waals surface area contributed by atoms with Crippen molar-refractivity contribution in [1.29, 1.82) is 0 Å². The van der Waals surface area contributed by atoms with Crippen LogP contribution in [0.5, 0.6) is 5.75 Å². The number of hydrogen-bond donors (Lipinski definition) is 0. The molecule has 0 radical (unpaired) electrons. The summed E-state index contributed by atoms with van der Waals surface area (Å²) in [4.78, 5) is 13.6. The summed E-state index contributed by atoms with van der Waals surface area (Å²) >= 11 is 0. The van der Waals surface area contributed by atoms with Crippen LogP contribution in [0.1, 0.15) is 20.8 Å². The van der Waals surface area contributed by atoms with Crippen molar-refractivity contribution in [2.24, 2.45) is 5.41 Å². The van der Waals surface area contributed by atoms with Crippen LogP contribution in [0.4, 0.5) is 5.69 Å². The molecule has 0 aliphatic heterocycles. The number of hydrogen-bond acceptors (Lipinski definition) is 3. The minimum Gasteiger partial charge on any atom is -0.426 e. The van der Waals surface area contributed by atoms with Gasteiger partial charge in [-0.05, 0) is 32.9 Å². The van der Waals surface area contributed by atoms with E-state index in [0.29, 0.717) is 5.75 Å². The first-order valence-electron chi connectivity index (χ1n) is 5.30. The van der Waals surface area contributed by atoms with Crippen LogP contribution in [0.15, 0.2) is 24.3 Å². The highest BCUT2D eigenvalue weighted by atomic mass is 16.5. The molecule has 3 heteroatoms. The smallest absolute Gasteiger partial charge is 0.316 e. The highest BCUT2D eigenvalue weighted by molar-refractivity contribution is 5.78. The fourth-order valence-electron chi connectivity index (χ4n) is 1.09. The monoisotopic (exact) mass is 221 g/mol. The van der Waals surface area contributed by atoms with E-state index in [1.807, 2.05) is 58.0 Å². The molecule has 3 nitrogen and oxygen atoms in total. The van der Waals surface area contributed by atoms with Crippen LogP contribution in [0.2, 0.25) is 0 Å². The molecule has 0 aliphatic carbocycles. The van der Waals surface area contributed by atoms with Crippen LogP contribution < -0.4 is 9.64 Å². The first kappa shape index (κ1) is 12.6. The van der Waals surface area contributed by atoms with E-state index >= 15 is 0 Å². The molecule has 0 bridgehead atoms. The van der Waals surface area contributed by atoms with Crippen LogP contribution in [0.25, 0.3) is 0 Å². The highest BCUT2D eigenvalue weighted by Crippen LogP contribution is 2.23. The molecular formula is C13H19NO2. The molecule has 1 aromatic carbocycles. The third kappa shape index (κ3) is 3.26. The molecule has 0 amide bonds. The van der Waals surface area contributed by atoms with Gasteiger partial charge in [0.1, 0.15) is 5.75 Å². The van der Waals surface area contributed by atoms with Gasteiger partial charge in [0.05, 0.1) is 5.41 Å². The van der Waals surface area contributed by atoms with Crippen molar-refractivity contribution in [3.05, 3.63) is 24.3 Å². The normalized spacial score (nSPS) is 11.1. The number of esters is 1. The summed E-state index contributed by atoms with van der Waals surface area (Å²) < 4.78 is 5.30. The summed E-state index contributed by atoms with van der Waals surface area (Å²) in [7, 11) is 3.90. The first-order chi connectivity index (χ1) is 7.30. The van der Waals surface area contributed by atoms with E-state index < -0.39 is 5.41 Å². The number of rotatable bonds is 2. The van der Waals surface area contributed by atoms with E-state index in [4.69, 9.17) is 4.74 Å². The van der Waals surface area contributed by atoms with Gasteiger partial charge in [0, 0.05) is 25.8 Å². The molecule has 88 valence electrons. The summed E-state index contributed by atoms with van der Waals surface area (Å²) in [6, 6.07) is 7.48. The first-order valence-corrected chi connectivity index (χ1v) is 5.30. The van der Waals surface area contributed by atoms with Crippen molar-refractivity contribution in [3.63, 3.8) is 0 Å². The summed E-state index contributed by atoms with van der Waals surface area (Å²) in [5, 5.41) is 0. The van der Waals surface area contributed by atoms with Crippen LogP contribution in [-0.4, -0.2) is 20.1 Å². The van der Waals surface area contributed by atoms with E-state index in [1.54, 1.807) is 6.07 Å². The molecule has 0 aromatic heterocycles. The van der Waals surface area contributed by atoms with E-state index in [9.17, 15) is 4.79 Å². The molecule has 16 heavy (non-hydrogen) atoms. The van der Waals surface area contributed by atoms with Gasteiger partial charge >= 0.3 is 5.97 Å². The lowest BCUT2D eigenvalue weighted by molar-refractivity contribution is -0.142. The maximum Gasteiger partial charge on any atom is 0.316 e. The predicted octanol–water partition coefficient (Wildman–Crippen LogP) is 2.70. The predicted molar refractivity (Wildman–Crippen MR) is 65.9 cm³/mol. The topological polar surface area (TPSA) is 29.5 Å². The Bertz CT molecular complexity index is 378. The molecule has 0 saturated heterocycles. The SMILES string of the molecule is CN(C)c1cccc(OC(=O)C(C)(C)C)c1. The van der Waals surface area contributed by atoms with Gasteiger partial charge in [0.15, 0.2) is 0 Å². The minimum atomic E-state index is -0.478. The zero-order valence-corrected chi connectivity index (χ0v) is 10.6. The lowest BCUT2D eigenvalue weighted by Gasteiger charge is -2.18. The van der Waals surface area contributed by atoms with Crippen molar-refractivity contribution in [2.75, 3.05) is 19.0 Å². The third-order valence-corrected chi connectivity index (χ3v) is 2.16. The van der Waals surface area contributed by atoms with Crippen molar-refractivity contribution in [1.82, 2.24) is 0 Å². The Morgan fingerprint density at radius 2 is 1.88 bits per heavy atom. The number of ether oxygens (including phenoxy) is 1. The molecule has 0 unspecified atom stereocenters. The molecule has 0 saturated carbocycles. The van der Waals surface area contributed by atoms with Gasteiger partial charge in [0.2, 0.25) is 0 Å². The molecule has 0 aliphatic rings. The number of nitrogens with zero attached hydrogens (tertiary/aromatic N) is 1. The average molecular weight is 221 g/mol. The van der Waals surface area contributed by atoms with Crippen molar-refractivity contribution >= 4 is 11.7 Å². The Morgan fingerprint density at radius 3 is 2.38 bits per heavy atom. The molecule has 0 fully saturated rings. The van der Waals surface area contributed by atoms with Crippen molar-refractivity contribution in [3.8, 4) is 5.75 Å². The Kier molecular flexibility index (Phi) is 3.58. The van der Waals surface area contributed by atoms with Crippen LogP contribution in [0.3, 0.4) is 0 Å². The van der Waals surface area contributed by atoms with Gasteiger partial charge in [-0.15, -0.1) is 0 Å². The quantitative estimate of drug-likeness (QED) is 0.568. The van der Waals surface area contributed by atoms with E-state index in [2.05, 4.69) is 0 Å². The van der Waals surface area contributed by atoms with E-state index in [1.165, 1.54) is 0 Å². The third-order valence-electron chi connectivity index (χ3n) is 2.16. The molecule has 0 N–H and O–H groups in total. The van der Waals surface area contributed by atoms with Crippen molar-refractivity contribution in [2.45, 2.75) is 20.8 Å².